The van der Waals surface area contributed by atoms with Gasteiger partial charge in [0.15, 0.2) is 6.10 Å². The van der Waals surface area contributed by atoms with E-state index < -0.39 is 0 Å². The van der Waals surface area contributed by atoms with Gasteiger partial charge < -0.3 is 4.74 Å². The molecule has 0 radical (unpaired) electrons. The zero-order chi connectivity index (χ0) is 10.0. The molecule has 0 aromatic rings. The minimum Gasteiger partial charge on any atom is -0.361 e. The molecule has 2 aliphatic rings. The summed E-state index contributed by atoms with van der Waals surface area (Å²) in [6.07, 6.45) is 2.37. The predicted octanol–water partition coefficient (Wildman–Crippen LogP) is 0.921. The first-order chi connectivity index (χ1) is 6.78. The molecule has 2 fully saturated rings. The maximum Gasteiger partial charge on any atom is 0.156 e. The Bertz CT molecular complexity index is 247. The van der Waals surface area contributed by atoms with Crippen molar-refractivity contribution in [3.8, 4) is 6.07 Å². The molecular formula is C10H16N2OS. The fraction of sp³-hybridized carbons (Fsp3) is 0.900. The average molecular weight is 212 g/mol. The Balaban J connectivity index is 1.83. The summed E-state index contributed by atoms with van der Waals surface area (Å²) in [7, 11) is 0. The highest BCUT2D eigenvalue weighted by Gasteiger charge is 2.43. The summed E-state index contributed by atoms with van der Waals surface area (Å²) in [5.74, 6) is 0.974. The third kappa shape index (κ3) is 2.22. The first-order valence-corrected chi connectivity index (χ1v) is 5.76. The normalized spacial score (nSPS) is 31.0. The van der Waals surface area contributed by atoms with E-state index in [1.807, 2.05) is 0 Å². The van der Waals surface area contributed by atoms with E-state index in [2.05, 4.69) is 23.6 Å². The van der Waals surface area contributed by atoms with Gasteiger partial charge in [-0.05, 0) is 24.0 Å². The molecule has 0 aromatic heterocycles. The van der Waals surface area contributed by atoms with Crippen LogP contribution in [0.15, 0.2) is 0 Å². The van der Waals surface area contributed by atoms with Crippen LogP contribution >= 0.6 is 12.6 Å². The van der Waals surface area contributed by atoms with Crippen molar-refractivity contribution in [2.75, 3.05) is 32.0 Å². The number of nitrogens with zero attached hydrogens (tertiary/aromatic N) is 2. The first-order valence-electron chi connectivity index (χ1n) is 5.12. The van der Waals surface area contributed by atoms with Crippen LogP contribution in [0, 0.1) is 16.7 Å². The molecule has 0 bridgehead atoms. The van der Waals surface area contributed by atoms with E-state index in [9.17, 15) is 0 Å². The smallest absolute Gasteiger partial charge is 0.156 e. The van der Waals surface area contributed by atoms with Gasteiger partial charge in [-0.15, -0.1) is 0 Å². The topological polar surface area (TPSA) is 36.3 Å². The van der Waals surface area contributed by atoms with E-state index >= 15 is 0 Å². The molecule has 1 unspecified atom stereocenters. The second-order valence-electron chi connectivity index (χ2n) is 4.38. The maximum absolute atomic E-state index is 8.76. The molecule has 1 heterocycles. The fourth-order valence-electron chi connectivity index (χ4n) is 1.94. The number of hydrogen-bond acceptors (Lipinski definition) is 4. The number of thiol groups is 1. The summed E-state index contributed by atoms with van der Waals surface area (Å²) >= 11 is 4.39. The summed E-state index contributed by atoms with van der Waals surface area (Å²) < 4.78 is 5.30. The van der Waals surface area contributed by atoms with E-state index in [-0.39, 0.29) is 6.10 Å². The number of hydrogen-bond donors (Lipinski definition) is 1. The van der Waals surface area contributed by atoms with Gasteiger partial charge >= 0.3 is 0 Å². The Morgan fingerprint density at radius 3 is 2.93 bits per heavy atom. The van der Waals surface area contributed by atoms with Crippen LogP contribution in [0.25, 0.3) is 0 Å². The molecule has 3 nitrogen and oxygen atoms in total. The number of nitriles is 1. The lowest BCUT2D eigenvalue weighted by Gasteiger charge is -2.32. The quantitative estimate of drug-likeness (QED) is 0.707. The molecule has 2 rings (SSSR count). The van der Waals surface area contributed by atoms with Gasteiger partial charge in [-0.3, -0.25) is 4.90 Å². The minimum absolute atomic E-state index is 0.223. The first kappa shape index (κ1) is 10.3. The van der Waals surface area contributed by atoms with Crippen molar-refractivity contribution in [2.45, 2.75) is 18.9 Å². The molecular weight excluding hydrogens is 196 g/mol. The van der Waals surface area contributed by atoms with Crippen molar-refractivity contribution >= 4 is 12.6 Å². The van der Waals surface area contributed by atoms with Crippen molar-refractivity contribution < 1.29 is 4.74 Å². The highest BCUT2D eigenvalue weighted by Crippen LogP contribution is 2.47. The highest BCUT2D eigenvalue weighted by molar-refractivity contribution is 7.80. The predicted molar refractivity (Wildman–Crippen MR) is 57.3 cm³/mol. The Morgan fingerprint density at radius 2 is 2.36 bits per heavy atom. The van der Waals surface area contributed by atoms with Crippen LogP contribution in [0.4, 0.5) is 0 Å². The molecule has 1 atom stereocenters. The van der Waals surface area contributed by atoms with Crippen LogP contribution in [-0.4, -0.2) is 43.0 Å². The molecule has 1 saturated carbocycles. The summed E-state index contributed by atoms with van der Waals surface area (Å²) in [6, 6.07) is 2.18. The largest absolute Gasteiger partial charge is 0.361 e. The SMILES string of the molecule is N#CC1CN(CC2(CS)CC2)CCO1. The van der Waals surface area contributed by atoms with E-state index in [0.717, 1.165) is 25.4 Å². The molecule has 78 valence electrons. The summed E-state index contributed by atoms with van der Waals surface area (Å²) in [5.41, 5.74) is 0.459. The van der Waals surface area contributed by atoms with Gasteiger partial charge in [0.05, 0.1) is 12.7 Å². The standard InChI is InChI=1S/C10H16N2OS/c11-5-9-6-12(3-4-13-9)7-10(8-14)1-2-10/h9,14H,1-4,6-8H2. The maximum atomic E-state index is 8.76. The molecule has 0 aromatic carbocycles. The third-order valence-corrected chi connectivity index (χ3v) is 3.82. The zero-order valence-corrected chi connectivity index (χ0v) is 9.17. The molecule has 4 heteroatoms. The Labute approximate surface area is 90.4 Å². The number of rotatable bonds is 3. The van der Waals surface area contributed by atoms with Gasteiger partial charge in [-0.2, -0.15) is 17.9 Å². The van der Waals surface area contributed by atoms with Crippen LogP contribution < -0.4 is 0 Å². The fourth-order valence-corrected chi connectivity index (χ4v) is 2.36. The molecule has 1 aliphatic heterocycles. The summed E-state index contributed by atoms with van der Waals surface area (Å²) in [5, 5.41) is 8.76. The second-order valence-corrected chi connectivity index (χ2v) is 4.70. The second kappa shape index (κ2) is 4.09. The van der Waals surface area contributed by atoms with Crippen molar-refractivity contribution in [1.82, 2.24) is 4.90 Å². The summed E-state index contributed by atoms with van der Waals surface area (Å²) in [6.45, 7) is 3.53. The van der Waals surface area contributed by atoms with Crippen molar-refractivity contribution in [3.63, 3.8) is 0 Å². The van der Waals surface area contributed by atoms with E-state index in [1.165, 1.54) is 12.8 Å². The van der Waals surface area contributed by atoms with Crippen molar-refractivity contribution in [3.05, 3.63) is 0 Å². The lowest BCUT2D eigenvalue weighted by molar-refractivity contribution is -0.00544. The van der Waals surface area contributed by atoms with E-state index in [1.54, 1.807) is 0 Å². The molecule has 0 N–H and O–H groups in total. The van der Waals surface area contributed by atoms with E-state index in [0.29, 0.717) is 12.0 Å². The zero-order valence-electron chi connectivity index (χ0n) is 8.28. The Hall–Kier alpha value is -0.240. The van der Waals surface area contributed by atoms with Crippen LogP contribution in [0.1, 0.15) is 12.8 Å². The third-order valence-electron chi connectivity index (χ3n) is 3.15. The monoisotopic (exact) mass is 212 g/mol. The molecule has 14 heavy (non-hydrogen) atoms. The number of ether oxygens (including phenoxy) is 1. The molecule has 0 spiro atoms. The lowest BCUT2D eigenvalue weighted by Crippen LogP contribution is -2.44. The van der Waals surface area contributed by atoms with Gasteiger partial charge in [-0.25, -0.2) is 0 Å². The average Bonchev–Trinajstić information content (AvgIpc) is 2.99. The van der Waals surface area contributed by atoms with Crippen molar-refractivity contribution in [1.29, 1.82) is 5.26 Å². The van der Waals surface area contributed by atoms with Crippen molar-refractivity contribution in [2.24, 2.45) is 5.41 Å². The number of morpholine rings is 1. The van der Waals surface area contributed by atoms with Crippen LogP contribution in [-0.2, 0) is 4.74 Å². The van der Waals surface area contributed by atoms with Crippen LogP contribution in [0.2, 0.25) is 0 Å². The van der Waals surface area contributed by atoms with Gasteiger partial charge in [0.1, 0.15) is 0 Å². The Morgan fingerprint density at radius 1 is 1.57 bits per heavy atom. The van der Waals surface area contributed by atoms with Gasteiger partial charge in [-0.1, -0.05) is 0 Å². The lowest BCUT2D eigenvalue weighted by atomic mass is 10.1. The highest BCUT2D eigenvalue weighted by atomic mass is 32.1. The van der Waals surface area contributed by atoms with E-state index in [4.69, 9.17) is 10.00 Å². The minimum atomic E-state index is -0.223. The van der Waals surface area contributed by atoms with Crippen LogP contribution in [0.3, 0.4) is 0 Å². The molecule has 1 saturated heterocycles. The van der Waals surface area contributed by atoms with Crippen LogP contribution in [0.5, 0.6) is 0 Å². The molecule has 0 amide bonds. The van der Waals surface area contributed by atoms with Gasteiger partial charge in [0.25, 0.3) is 0 Å². The summed E-state index contributed by atoms with van der Waals surface area (Å²) in [4.78, 5) is 2.35. The van der Waals surface area contributed by atoms with Gasteiger partial charge in [0, 0.05) is 19.6 Å². The van der Waals surface area contributed by atoms with Gasteiger partial charge in [0.2, 0.25) is 0 Å². The molecule has 1 aliphatic carbocycles. The Kier molecular flexibility index (Phi) is 3.01.